The maximum atomic E-state index is 6.13. The number of benzene rings is 6. The number of hydrogen-bond donors (Lipinski definition) is 0. The Morgan fingerprint density at radius 3 is 1.74 bits per heavy atom. The van der Waals surface area contributed by atoms with Gasteiger partial charge in [-0.3, -0.25) is 0 Å². The van der Waals surface area contributed by atoms with E-state index in [1.54, 1.807) is 0 Å². The third-order valence-electron chi connectivity index (χ3n) is 7.18. The highest BCUT2D eigenvalue weighted by molar-refractivity contribution is 9.10. The fourth-order valence-electron chi connectivity index (χ4n) is 5.27. The molecule has 0 aliphatic heterocycles. The van der Waals surface area contributed by atoms with Crippen molar-refractivity contribution in [1.29, 1.82) is 0 Å². The van der Waals surface area contributed by atoms with Gasteiger partial charge in [0, 0.05) is 15.2 Å². The van der Waals surface area contributed by atoms with E-state index in [9.17, 15) is 0 Å². The first-order valence-electron chi connectivity index (χ1n) is 12.7. The van der Waals surface area contributed by atoms with Crippen molar-refractivity contribution in [3.05, 3.63) is 144 Å². The van der Waals surface area contributed by atoms with Gasteiger partial charge in [-0.05, 0) is 74.8 Å². The summed E-state index contributed by atoms with van der Waals surface area (Å²) in [5, 5.41) is 2.23. The van der Waals surface area contributed by atoms with Crippen LogP contribution in [0.3, 0.4) is 0 Å². The van der Waals surface area contributed by atoms with Crippen LogP contribution in [0.15, 0.2) is 148 Å². The lowest BCUT2D eigenvalue weighted by Gasteiger charge is -2.14. The summed E-state index contributed by atoms with van der Waals surface area (Å²) in [6, 6.07) is 49.4. The lowest BCUT2D eigenvalue weighted by atomic mass is 9.90. The van der Waals surface area contributed by atoms with Gasteiger partial charge >= 0.3 is 0 Å². The van der Waals surface area contributed by atoms with Gasteiger partial charge in [0.1, 0.15) is 11.2 Å². The van der Waals surface area contributed by atoms with Crippen molar-refractivity contribution in [2.24, 2.45) is 0 Å². The van der Waals surface area contributed by atoms with Gasteiger partial charge in [0.2, 0.25) is 0 Å². The summed E-state index contributed by atoms with van der Waals surface area (Å²) in [6.07, 6.45) is 0. The number of rotatable bonds is 4. The molecule has 1 heterocycles. The molecule has 38 heavy (non-hydrogen) atoms. The molecule has 0 aliphatic rings. The first kappa shape index (κ1) is 22.8. The molecule has 1 aromatic heterocycles. The molecule has 180 valence electrons. The number of furan rings is 1. The summed E-state index contributed by atoms with van der Waals surface area (Å²) in [4.78, 5) is 0. The van der Waals surface area contributed by atoms with Crippen molar-refractivity contribution in [3.63, 3.8) is 0 Å². The molecule has 2 heteroatoms. The second-order valence-electron chi connectivity index (χ2n) is 9.50. The molecule has 0 spiro atoms. The molecular weight excluding hydrogens is 528 g/mol. The molecule has 0 aliphatic carbocycles. The molecule has 0 N–H and O–H groups in total. The molecule has 0 fully saturated rings. The average Bonchev–Trinajstić information content (AvgIpc) is 3.37. The van der Waals surface area contributed by atoms with E-state index in [1.165, 1.54) is 44.5 Å². The van der Waals surface area contributed by atoms with Crippen LogP contribution in [0.4, 0.5) is 0 Å². The van der Waals surface area contributed by atoms with Crippen molar-refractivity contribution in [2.75, 3.05) is 0 Å². The third-order valence-corrected chi connectivity index (χ3v) is 7.85. The summed E-state index contributed by atoms with van der Waals surface area (Å²) in [5.41, 5.74) is 11.4. The van der Waals surface area contributed by atoms with E-state index >= 15 is 0 Å². The molecule has 7 rings (SSSR count). The van der Waals surface area contributed by atoms with Crippen molar-refractivity contribution in [3.8, 4) is 44.5 Å². The average molecular weight is 551 g/mol. The molecule has 0 atom stereocenters. The van der Waals surface area contributed by atoms with E-state index in [-0.39, 0.29) is 0 Å². The van der Waals surface area contributed by atoms with Crippen LogP contribution in [-0.4, -0.2) is 0 Å². The Morgan fingerprint density at radius 1 is 0.395 bits per heavy atom. The standard InChI is InChI=1S/C36H23BrO/c37-33-12-7-13-35-36(33)32-23-29(19-21-34(32)38-35)30-20-18-28(22-31(30)27-10-5-2-6-11-27)26-16-14-25(15-17-26)24-8-3-1-4-9-24/h1-23H. The van der Waals surface area contributed by atoms with Crippen LogP contribution in [-0.2, 0) is 0 Å². The second kappa shape index (κ2) is 9.48. The zero-order valence-corrected chi connectivity index (χ0v) is 22.2. The van der Waals surface area contributed by atoms with Crippen LogP contribution < -0.4 is 0 Å². The van der Waals surface area contributed by atoms with Crippen LogP contribution in [0.25, 0.3) is 66.4 Å². The highest BCUT2D eigenvalue weighted by atomic mass is 79.9. The fourth-order valence-corrected chi connectivity index (χ4v) is 5.83. The summed E-state index contributed by atoms with van der Waals surface area (Å²) in [7, 11) is 0. The SMILES string of the molecule is Brc1cccc2oc3ccc(-c4ccc(-c5ccc(-c6ccccc6)cc5)cc4-c4ccccc4)cc3c12. The Morgan fingerprint density at radius 2 is 1.00 bits per heavy atom. The van der Waals surface area contributed by atoms with Gasteiger partial charge in [0.05, 0.1) is 0 Å². The van der Waals surface area contributed by atoms with E-state index in [1.807, 2.05) is 12.1 Å². The normalized spacial score (nSPS) is 11.3. The highest BCUT2D eigenvalue weighted by Gasteiger charge is 2.14. The Bertz CT molecular complexity index is 1900. The molecular formula is C36H23BrO. The van der Waals surface area contributed by atoms with Crippen molar-refractivity contribution in [2.45, 2.75) is 0 Å². The zero-order chi connectivity index (χ0) is 25.5. The van der Waals surface area contributed by atoms with Gasteiger partial charge in [-0.25, -0.2) is 0 Å². The Hall–Kier alpha value is -4.40. The Labute approximate surface area is 230 Å². The predicted octanol–water partition coefficient (Wildman–Crippen LogP) is 11.0. The minimum Gasteiger partial charge on any atom is -0.456 e. The number of halogens is 1. The topological polar surface area (TPSA) is 13.1 Å². The first-order valence-corrected chi connectivity index (χ1v) is 13.5. The summed E-state index contributed by atoms with van der Waals surface area (Å²) in [6.45, 7) is 0. The van der Waals surface area contributed by atoms with Gasteiger partial charge in [-0.2, -0.15) is 0 Å². The van der Waals surface area contributed by atoms with E-state index < -0.39 is 0 Å². The molecule has 7 aromatic rings. The summed E-state index contributed by atoms with van der Waals surface area (Å²) in [5.74, 6) is 0. The smallest absolute Gasteiger partial charge is 0.136 e. The van der Waals surface area contributed by atoms with Crippen LogP contribution in [0, 0.1) is 0 Å². The maximum absolute atomic E-state index is 6.13. The van der Waals surface area contributed by atoms with E-state index in [2.05, 4.69) is 143 Å². The fraction of sp³-hybridized carbons (Fsp3) is 0. The minimum absolute atomic E-state index is 0.893. The molecule has 0 saturated heterocycles. The molecule has 6 aromatic carbocycles. The lowest BCUT2D eigenvalue weighted by molar-refractivity contribution is 0.669. The van der Waals surface area contributed by atoms with Gasteiger partial charge in [-0.1, -0.05) is 125 Å². The molecule has 0 bridgehead atoms. The maximum Gasteiger partial charge on any atom is 0.136 e. The van der Waals surface area contributed by atoms with Gasteiger partial charge in [0.15, 0.2) is 0 Å². The van der Waals surface area contributed by atoms with E-state index in [4.69, 9.17) is 4.42 Å². The van der Waals surface area contributed by atoms with E-state index in [0.29, 0.717) is 0 Å². The lowest BCUT2D eigenvalue weighted by Crippen LogP contribution is -1.88. The molecule has 1 nitrogen and oxygen atoms in total. The Balaban J connectivity index is 1.36. The predicted molar refractivity (Wildman–Crippen MR) is 163 cm³/mol. The third kappa shape index (κ3) is 4.04. The highest BCUT2D eigenvalue weighted by Crippen LogP contribution is 2.40. The van der Waals surface area contributed by atoms with Gasteiger partial charge in [-0.15, -0.1) is 0 Å². The van der Waals surface area contributed by atoms with Crippen LogP contribution >= 0.6 is 15.9 Å². The molecule has 0 unspecified atom stereocenters. The zero-order valence-electron chi connectivity index (χ0n) is 20.6. The quantitative estimate of drug-likeness (QED) is 0.212. The van der Waals surface area contributed by atoms with E-state index in [0.717, 1.165) is 26.4 Å². The van der Waals surface area contributed by atoms with Crippen LogP contribution in [0.1, 0.15) is 0 Å². The molecule has 0 saturated carbocycles. The minimum atomic E-state index is 0.893. The largest absolute Gasteiger partial charge is 0.456 e. The van der Waals surface area contributed by atoms with Gasteiger partial charge in [0.25, 0.3) is 0 Å². The monoisotopic (exact) mass is 550 g/mol. The second-order valence-corrected chi connectivity index (χ2v) is 10.4. The number of hydrogen-bond acceptors (Lipinski definition) is 1. The van der Waals surface area contributed by atoms with Crippen molar-refractivity contribution >= 4 is 37.9 Å². The van der Waals surface area contributed by atoms with Crippen molar-refractivity contribution < 1.29 is 4.42 Å². The Kier molecular flexibility index (Phi) is 5.68. The van der Waals surface area contributed by atoms with Crippen LogP contribution in [0.2, 0.25) is 0 Å². The van der Waals surface area contributed by atoms with Crippen LogP contribution in [0.5, 0.6) is 0 Å². The van der Waals surface area contributed by atoms with Crippen molar-refractivity contribution in [1.82, 2.24) is 0 Å². The first-order chi connectivity index (χ1) is 18.7. The summed E-state index contributed by atoms with van der Waals surface area (Å²) < 4.78 is 7.17. The van der Waals surface area contributed by atoms with Gasteiger partial charge < -0.3 is 4.42 Å². The molecule has 0 radical (unpaired) electrons. The molecule has 0 amide bonds. The number of fused-ring (bicyclic) bond motifs is 3. The summed E-state index contributed by atoms with van der Waals surface area (Å²) >= 11 is 3.72.